The first-order chi connectivity index (χ1) is 9.97. The van der Waals surface area contributed by atoms with Gasteiger partial charge in [0.05, 0.1) is 6.10 Å². The molecule has 2 atom stereocenters. The molecule has 0 bridgehead atoms. The molecule has 2 rings (SSSR count). The van der Waals surface area contributed by atoms with Gasteiger partial charge in [-0.15, -0.1) is 0 Å². The second kappa shape index (κ2) is 7.02. The molecule has 1 aromatic heterocycles. The van der Waals surface area contributed by atoms with Crippen molar-refractivity contribution < 1.29 is 14.4 Å². The molecular weight excluding hydrogens is 270 g/mol. The normalized spacial score (nSPS) is 20.8. The molecule has 1 aliphatic heterocycles. The Labute approximate surface area is 125 Å². The van der Waals surface area contributed by atoms with Crippen molar-refractivity contribution in [1.29, 1.82) is 0 Å². The van der Waals surface area contributed by atoms with Crippen LogP contribution < -0.4 is 0 Å². The van der Waals surface area contributed by atoms with Gasteiger partial charge in [-0.1, -0.05) is 19.0 Å². The maximum atomic E-state index is 12.2. The highest BCUT2D eigenvalue weighted by Gasteiger charge is 2.26. The van der Waals surface area contributed by atoms with Gasteiger partial charge in [-0.05, 0) is 19.8 Å². The minimum absolute atomic E-state index is 0.102. The number of amides is 1. The number of rotatable bonds is 5. The van der Waals surface area contributed by atoms with Gasteiger partial charge in [-0.3, -0.25) is 4.79 Å². The number of aryl methyl sites for hydroxylation is 1. The first kappa shape index (κ1) is 15.9. The van der Waals surface area contributed by atoms with E-state index in [0.717, 1.165) is 19.4 Å². The van der Waals surface area contributed by atoms with E-state index >= 15 is 0 Å². The lowest BCUT2D eigenvalue weighted by atomic mass is 9.93. The quantitative estimate of drug-likeness (QED) is 0.895. The first-order valence-electron chi connectivity index (χ1n) is 7.75. The maximum Gasteiger partial charge on any atom is 0.227 e. The molecule has 2 unspecified atom stereocenters. The van der Waals surface area contributed by atoms with Gasteiger partial charge in [-0.2, -0.15) is 4.98 Å². The van der Waals surface area contributed by atoms with Gasteiger partial charge in [0.1, 0.15) is 0 Å². The van der Waals surface area contributed by atoms with Crippen LogP contribution in [0.15, 0.2) is 4.52 Å². The molecule has 1 amide bonds. The molecule has 0 spiro atoms. The highest BCUT2D eigenvalue weighted by atomic mass is 16.5. The summed E-state index contributed by atoms with van der Waals surface area (Å²) < 4.78 is 5.15. The van der Waals surface area contributed by atoms with Gasteiger partial charge in [0, 0.05) is 37.8 Å². The number of likely N-dealkylation sites (tertiary alicyclic amines) is 1. The van der Waals surface area contributed by atoms with Gasteiger partial charge in [0.25, 0.3) is 0 Å². The Morgan fingerprint density at radius 3 is 2.86 bits per heavy atom. The van der Waals surface area contributed by atoms with Gasteiger partial charge >= 0.3 is 0 Å². The summed E-state index contributed by atoms with van der Waals surface area (Å²) in [6.45, 7) is 7.23. The number of aliphatic hydroxyl groups is 1. The number of piperidine rings is 1. The molecule has 2 heterocycles. The third kappa shape index (κ3) is 4.27. The predicted octanol–water partition coefficient (Wildman–Crippen LogP) is 1.75. The summed E-state index contributed by atoms with van der Waals surface area (Å²) >= 11 is 0. The molecule has 21 heavy (non-hydrogen) atoms. The largest absolute Gasteiger partial charge is 0.393 e. The summed E-state index contributed by atoms with van der Waals surface area (Å²) in [5.74, 6) is 1.73. The Morgan fingerprint density at radius 1 is 1.48 bits per heavy atom. The Hall–Kier alpha value is -1.43. The molecule has 118 valence electrons. The molecular formula is C15H25N3O3. The zero-order valence-corrected chi connectivity index (χ0v) is 13.1. The van der Waals surface area contributed by atoms with E-state index < -0.39 is 0 Å². The number of carbonyl (C=O) groups excluding carboxylic acids is 1. The summed E-state index contributed by atoms with van der Waals surface area (Å²) in [7, 11) is 0. The SMILES string of the molecule is CC(C)c1noc(CCC(=O)N2CCCC(C(C)O)C2)n1. The van der Waals surface area contributed by atoms with Crippen molar-refractivity contribution in [3.8, 4) is 0 Å². The zero-order chi connectivity index (χ0) is 15.4. The number of hydrogen-bond donors (Lipinski definition) is 1. The molecule has 0 radical (unpaired) electrons. The second-order valence-electron chi connectivity index (χ2n) is 6.18. The van der Waals surface area contributed by atoms with Crippen LogP contribution in [0.4, 0.5) is 0 Å². The highest BCUT2D eigenvalue weighted by Crippen LogP contribution is 2.20. The number of aromatic nitrogens is 2. The van der Waals surface area contributed by atoms with Crippen molar-refractivity contribution in [2.75, 3.05) is 13.1 Å². The summed E-state index contributed by atoms with van der Waals surface area (Å²) in [5, 5.41) is 13.6. The minimum Gasteiger partial charge on any atom is -0.393 e. The van der Waals surface area contributed by atoms with E-state index in [4.69, 9.17) is 4.52 Å². The fraction of sp³-hybridized carbons (Fsp3) is 0.800. The molecule has 0 saturated carbocycles. The number of carbonyl (C=O) groups is 1. The molecule has 1 saturated heterocycles. The van der Waals surface area contributed by atoms with Crippen LogP contribution in [0.5, 0.6) is 0 Å². The van der Waals surface area contributed by atoms with Crippen molar-refractivity contribution >= 4 is 5.91 Å². The van der Waals surface area contributed by atoms with Crippen LogP contribution in [0.25, 0.3) is 0 Å². The van der Waals surface area contributed by atoms with Crippen LogP contribution >= 0.6 is 0 Å². The lowest BCUT2D eigenvalue weighted by Crippen LogP contribution is -2.43. The van der Waals surface area contributed by atoms with E-state index in [0.29, 0.717) is 31.1 Å². The first-order valence-corrected chi connectivity index (χ1v) is 7.75. The van der Waals surface area contributed by atoms with Crippen molar-refractivity contribution in [3.05, 3.63) is 11.7 Å². The van der Waals surface area contributed by atoms with Crippen LogP contribution in [0.1, 0.15) is 57.7 Å². The average molecular weight is 295 g/mol. The molecule has 1 aromatic rings. The number of nitrogens with zero attached hydrogens (tertiary/aromatic N) is 3. The molecule has 1 aliphatic rings. The van der Waals surface area contributed by atoms with Crippen LogP contribution in [0.3, 0.4) is 0 Å². The number of aliphatic hydroxyl groups excluding tert-OH is 1. The molecule has 6 nitrogen and oxygen atoms in total. The van der Waals surface area contributed by atoms with Crippen molar-refractivity contribution in [1.82, 2.24) is 15.0 Å². The molecule has 0 aliphatic carbocycles. The Balaban J connectivity index is 1.83. The van der Waals surface area contributed by atoms with Crippen molar-refractivity contribution in [2.24, 2.45) is 5.92 Å². The van der Waals surface area contributed by atoms with Crippen LogP contribution in [-0.2, 0) is 11.2 Å². The minimum atomic E-state index is -0.356. The Bertz CT molecular complexity index is 470. The molecule has 6 heteroatoms. The lowest BCUT2D eigenvalue weighted by Gasteiger charge is -2.34. The fourth-order valence-electron chi connectivity index (χ4n) is 2.61. The van der Waals surface area contributed by atoms with Crippen molar-refractivity contribution in [2.45, 2.75) is 58.5 Å². The predicted molar refractivity (Wildman–Crippen MR) is 77.7 cm³/mol. The van der Waals surface area contributed by atoms with E-state index in [1.165, 1.54) is 0 Å². The molecule has 1 N–H and O–H groups in total. The molecule has 1 fully saturated rings. The van der Waals surface area contributed by atoms with E-state index in [1.807, 2.05) is 18.7 Å². The van der Waals surface area contributed by atoms with E-state index in [1.54, 1.807) is 6.92 Å². The summed E-state index contributed by atoms with van der Waals surface area (Å²) in [4.78, 5) is 18.4. The third-order valence-electron chi connectivity index (χ3n) is 4.05. The summed E-state index contributed by atoms with van der Waals surface area (Å²) in [6, 6.07) is 0. The van der Waals surface area contributed by atoms with Gasteiger partial charge in [0.2, 0.25) is 11.8 Å². The standard InChI is InChI=1S/C15H25N3O3/c1-10(2)15-16-13(21-17-15)6-7-14(20)18-8-4-5-12(9-18)11(3)19/h10-12,19H,4-9H2,1-3H3. The molecule has 0 aromatic carbocycles. The number of hydrogen-bond acceptors (Lipinski definition) is 5. The highest BCUT2D eigenvalue weighted by molar-refractivity contribution is 5.76. The van der Waals surface area contributed by atoms with Gasteiger partial charge in [0.15, 0.2) is 5.82 Å². The Kier molecular flexibility index (Phi) is 5.33. The monoisotopic (exact) mass is 295 g/mol. The fourth-order valence-corrected chi connectivity index (χ4v) is 2.61. The lowest BCUT2D eigenvalue weighted by molar-refractivity contribution is -0.133. The van der Waals surface area contributed by atoms with Gasteiger partial charge < -0.3 is 14.5 Å². The second-order valence-corrected chi connectivity index (χ2v) is 6.18. The van der Waals surface area contributed by atoms with E-state index in [2.05, 4.69) is 10.1 Å². The van der Waals surface area contributed by atoms with Crippen molar-refractivity contribution in [3.63, 3.8) is 0 Å². The zero-order valence-electron chi connectivity index (χ0n) is 13.1. The van der Waals surface area contributed by atoms with Crippen LogP contribution in [0.2, 0.25) is 0 Å². The van der Waals surface area contributed by atoms with Crippen LogP contribution in [0, 0.1) is 5.92 Å². The maximum absolute atomic E-state index is 12.2. The summed E-state index contributed by atoms with van der Waals surface area (Å²) in [6.07, 6.45) is 2.45. The summed E-state index contributed by atoms with van der Waals surface area (Å²) in [5.41, 5.74) is 0. The van der Waals surface area contributed by atoms with Gasteiger partial charge in [-0.25, -0.2) is 0 Å². The Morgan fingerprint density at radius 2 is 2.24 bits per heavy atom. The van der Waals surface area contributed by atoms with E-state index in [9.17, 15) is 9.90 Å². The van der Waals surface area contributed by atoms with E-state index in [-0.39, 0.29) is 23.8 Å². The third-order valence-corrected chi connectivity index (χ3v) is 4.05. The topological polar surface area (TPSA) is 79.5 Å². The van der Waals surface area contributed by atoms with Crippen LogP contribution in [-0.4, -0.2) is 45.2 Å². The smallest absolute Gasteiger partial charge is 0.227 e. The average Bonchev–Trinajstić information content (AvgIpc) is 2.94.